The fraction of sp³-hybridized carbons (Fsp3) is 0.190. The van der Waals surface area contributed by atoms with Gasteiger partial charge in [-0.2, -0.15) is 10.2 Å². The van der Waals surface area contributed by atoms with E-state index >= 15 is 0 Å². The molecule has 0 aliphatic rings. The quantitative estimate of drug-likeness (QED) is 0.523. The lowest BCUT2D eigenvalue weighted by molar-refractivity contribution is -0.0368. The van der Waals surface area contributed by atoms with Crippen LogP contribution in [0.25, 0.3) is 11.3 Å². The minimum atomic E-state index is -1.82. The van der Waals surface area contributed by atoms with E-state index in [9.17, 15) is 18.3 Å². The van der Waals surface area contributed by atoms with Gasteiger partial charge in [0.2, 0.25) is 0 Å². The molecule has 9 heteroatoms. The summed E-state index contributed by atoms with van der Waals surface area (Å²) in [6.45, 7) is 1.53. The molecule has 2 aromatic heterocycles. The summed E-state index contributed by atoms with van der Waals surface area (Å²) in [7, 11) is 0. The largest absolute Gasteiger partial charge is 0.381 e. The maximum atomic E-state index is 14.6. The summed E-state index contributed by atoms with van der Waals surface area (Å²) in [4.78, 5) is 3.85. The van der Waals surface area contributed by atoms with Gasteiger partial charge in [-0.15, -0.1) is 0 Å². The van der Waals surface area contributed by atoms with Crippen molar-refractivity contribution in [1.29, 1.82) is 0 Å². The van der Waals surface area contributed by atoms with Crippen LogP contribution in [-0.4, -0.2) is 29.7 Å². The van der Waals surface area contributed by atoms with E-state index in [1.54, 1.807) is 31.3 Å². The standard InChI is InChI=1S/C21H18F3N5O/c1-14(29-9-8-20(27-29)15-2-4-16(22)5-3-15)21(30,11-28-13-25-12-26-28)18-7-6-17(23)10-19(18)24/h2-10,12-14,30H,11H2,1H3/t14-,21-/m1/s1. The first-order chi connectivity index (χ1) is 14.4. The molecule has 0 amide bonds. The predicted molar refractivity (Wildman–Crippen MR) is 103 cm³/mol. The first kappa shape index (κ1) is 19.8. The molecule has 4 rings (SSSR count). The van der Waals surface area contributed by atoms with Crippen molar-refractivity contribution in [2.75, 3.05) is 0 Å². The molecular weight excluding hydrogens is 395 g/mol. The summed E-state index contributed by atoms with van der Waals surface area (Å²) in [5, 5.41) is 20.1. The van der Waals surface area contributed by atoms with Crippen LogP contribution in [0.4, 0.5) is 13.2 Å². The molecule has 0 spiro atoms. The highest BCUT2D eigenvalue weighted by Crippen LogP contribution is 2.36. The molecule has 1 N–H and O–H groups in total. The maximum Gasteiger partial charge on any atom is 0.137 e. The third-order valence-electron chi connectivity index (χ3n) is 5.10. The van der Waals surface area contributed by atoms with Crippen LogP contribution in [0.1, 0.15) is 18.5 Å². The van der Waals surface area contributed by atoms with E-state index in [0.29, 0.717) is 11.3 Å². The van der Waals surface area contributed by atoms with Crippen molar-refractivity contribution in [1.82, 2.24) is 24.5 Å². The van der Waals surface area contributed by atoms with E-state index in [1.165, 1.54) is 40.2 Å². The van der Waals surface area contributed by atoms with Crippen LogP contribution in [0.2, 0.25) is 0 Å². The summed E-state index contributed by atoms with van der Waals surface area (Å²) >= 11 is 0. The monoisotopic (exact) mass is 413 g/mol. The zero-order valence-electron chi connectivity index (χ0n) is 16.0. The lowest BCUT2D eigenvalue weighted by atomic mass is 9.86. The Morgan fingerprint density at radius 2 is 1.77 bits per heavy atom. The van der Waals surface area contributed by atoms with Crippen molar-refractivity contribution in [3.8, 4) is 11.3 Å². The van der Waals surface area contributed by atoms with E-state index < -0.39 is 23.3 Å². The fourth-order valence-corrected chi connectivity index (χ4v) is 3.39. The van der Waals surface area contributed by atoms with Crippen molar-refractivity contribution in [2.24, 2.45) is 0 Å². The minimum absolute atomic E-state index is 0.0919. The second-order valence-corrected chi connectivity index (χ2v) is 7.01. The maximum absolute atomic E-state index is 14.6. The topological polar surface area (TPSA) is 68.8 Å². The van der Waals surface area contributed by atoms with E-state index in [2.05, 4.69) is 15.2 Å². The van der Waals surface area contributed by atoms with Crippen LogP contribution in [0.5, 0.6) is 0 Å². The molecule has 0 unspecified atom stereocenters. The van der Waals surface area contributed by atoms with Crippen molar-refractivity contribution in [3.05, 3.63) is 90.4 Å². The summed E-state index contributed by atoms with van der Waals surface area (Å²) in [6.07, 6.45) is 4.33. The molecule has 2 aromatic carbocycles. The molecule has 0 radical (unpaired) electrons. The van der Waals surface area contributed by atoms with Crippen LogP contribution in [0.15, 0.2) is 67.4 Å². The normalized spacial score (nSPS) is 14.4. The fourth-order valence-electron chi connectivity index (χ4n) is 3.39. The number of rotatable bonds is 6. The van der Waals surface area contributed by atoms with Gasteiger partial charge in [-0.25, -0.2) is 22.8 Å². The number of benzene rings is 2. The highest BCUT2D eigenvalue weighted by molar-refractivity contribution is 5.58. The molecule has 0 fully saturated rings. The molecule has 154 valence electrons. The third-order valence-corrected chi connectivity index (χ3v) is 5.10. The molecule has 0 saturated carbocycles. The SMILES string of the molecule is C[C@@H](n1ccc(-c2ccc(F)cc2)n1)[C@](O)(Cn1cncn1)c1ccc(F)cc1F. The Kier molecular flexibility index (Phi) is 5.13. The Labute approximate surface area is 170 Å². The Hall–Kier alpha value is -3.46. The van der Waals surface area contributed by atoms with Gasteiger partial charge in [0.15, 0.2) is 0 Å². The van der Waals surface area contributed by atoms with Gasteiger partial charge in [0.05, 0.1) is 18.3 Å². The number of hydrogen-bond acceptors (Lipinski definition) is 4. The van der Waals surface area contributed by atoms with Gasteiger partial charge in [-0.3, -0.25) is 4.68 Å². The lowest BCUT2D eigenvalue weighted by Gasteiger charge is -2.34. The second-order valence-electron chi connectivity index (χ2n) is 7.01. The number of halogens is 3. The molecule has 4 aromatic rings. The van der Waals surface area contributed by atoms with E-state index in [1.807, 2.05) is 0 Å². The van der Waals surface area contributed by atoms with Gasteiger partial charge in [-0.05, 0) is 43.3 Å². The summed E-state index contributed by atoms with van der Waals surface area (Å²) < 4.78 is 44.2. The molecule has 2 heterocycles. The number of nitrogens with zero attached hydrogens (tertiary/aromatic N) is 5. The minimum Gasteiger partial charge on any atom is -0.381 e. The van der Waals surface area contributed by atoms with Crippen molar-refractivity contribution in [2.45, 2.75) is 25.1 Å². The van der Waals surface area contributed by atoms with Crippen molar-refractivity contribution < 1.29 is 18.3 Å². The van der Waals surface area contributed by atoms with Crippen molar-refractivity contribution in [3.63, 3.8) is 0 Å². The second kappa shape index (κ2) is 7.75. The van der Waals surface area contributed by atoms with Crippen LogP contribution in [-0.2, 0) is 12.1 Å². The van der Waals surface area contributed by atoms with Crippen LogP contribution in [0, 0.1) is 17.5 Å². The molecule has 0 aliphatic heterocycles. The third kappa shape index (κ3) is 3.71. The first-order valence-corrected chi connectivity index (χ1v) is 9.18. The Morgan fingerprint density at radius 3 is 2.43 bits per heavy atom. The highest BCUT2D eigenvalue weighted by Gasteiger charge is 2.40. The molecule has 6 nitrogen and oxygen atoms in total. The Bertz CT molecular complexity index is 1140. The summed E-state index contributed by atoms with van der Waals surface area (Å²) in [6, 6.07) is 9.80. The van der Waals surface area contributed by atoms with Crippen molar-refractivity contribution >= 4 is 0 Å². The Balaban J connectivity index is 1.74. The molecule has 0 saturated heterocycles. The van der Waals surface area contributed by atoms with E-state index in [-0.39, 0.29) is 17.9 Å². The van der Waals surface area contributed by atoms with Crippen LogP contribution >= 0.6 is 0 Å². The Morgan fingerprint density at radius 1 is 1.03 bits per heavy atom. The van der Waals surface area contributed by atoms with Gasteiger partial charge in [0, 0.05) is 23.4 Å². The van der Waals surface area contributed by atoms with E-state index in [4.69, 9.17) is 0 Å². The first-order valence-electron chi connectivity index (χ1n) is 9.18. The van der Waals surface area contributed by atoms with E-state index in [0.717, 1.165) is 12.1 Å². The zero-order chi connectivity index (χ0) is 21.3. The molecule has 0 bridgehead atoms. The van der Waals surface area contributed by atoms with Gasteiger partial charge in [0.25, 0.3) is 0 Å². The van der Waals surface area contributed by atoms with Gasteiger partial charge in [-0.1, -0.05) is 6.07 Å². The average Bonchev–Trinajstić information content (AvgIpc) is 3.40. The van der Waals surface area contributed by atoms with Gasteiger partial charge in [0.1, 0.15) is 35.7 Å². The van der Waals surface area contributed by atoms with Gasteiger partial charge < -0.3 is 5.11 Å². The predicted octanol–water partition coefficient (Wildman–Crippen LogP) is 3.71. The summed E-state index contributed by atoms with van der Waals surface area (Å²) in [5.41, 5.74) is -0.664. The zero-order valence-corrected chi connectivity index (χ0v) is 16.0. The van der Waals surface area contributed by atoms with Crippen LogP contribution in [0.3, 0.4) is 0 Å². The molecule has 30 heavy (non-hydrogen) atoms. The smallest absolute Gasteiger partial charge is 0.137 e. The lowest BCUT2D eigenvalue weighted by Crippen LogP contribution is -2.40. The molecule has 2 atom stereocenters. The summed E-state index contributed by atoms with van der Waals surface area (Å²) in [5.74, 6) is -1.99. The number of hydrogen-bond donors (Lipinski definition) is 1. The molecular formula is C21H18F3N5O. The number of aliphatic hydroxyl groups is 1. The van der Waals surface area contributed by atoms with Gasteiger partial charge >= 0.3 is 0 Å². The van der Waals surface area contributed by atoms with Crippen LogP contribution < -0.4 is 0 Å². The molecule has 0 aliphatic carbocycles. The number of aromatic nitrogens is 5. The average molecular weight is 413 g/mol. The highest BCUT2D eigenvalue weighted by atomic mass is 19.1.